The van der Waals surface area contributed by atoms with E-state index in [1.165, 1.54) is 14.2 Å². The quantitative estimate of drug-likeness (QED) is 0.818. The molecule has 1 aromatic carbocycles. The van der Waals surface area contributed by atoms with Gasteiger partial charge in [0.2, 0.25) is 0 Å². The summed E-state index contributed by atoms with van der Waals surface area (Å²) in [6.07, 6.45) is 1.63. The molecular weight excluding hydrogens is 234 g/mol. The van der Waals surface area contributed by atoms with Gasteiger partial charge in [-0.3, -0.25) is 4.79 Å². The van der Waals surface area contributed by atoms with Crippen molar-refractivity contribution in [3.63, 3.8) is 0 Å². The summed E-state index contributed by atoms with van der Waals surface area (Å²) < 4.78 is 10.2. The number of hydrogen-bond acceptors (Lipinski definition) is 4. The van der Waals surface area contributed by atoms with Crippen LogP contribution in [-0.4, -0.2) is 37.4 Å². The Kier molecular flexibility index (Phi) is 3.43. The molecule has 2 rings (SSSR count). The van der Waals surface area contributed by atoms with Gasteiger partial charge in [-0.1, -0.05) is 0 Å². The van der Waals surface area contributed by atoms with E-state index < -0.39 is 5.54 Å². The summed E-state index contributed by atoms with van der Waals surface area (Å²) in [5, 5.41) is 12.0. The number of carbonyl (C=O) groups is 1. The molecule has 1 aliphatic carbocycles. The summed E-state index contributed by atoms with van der Waals surface area (Å²) in [7, 11) is 3.07. The number of benzene rings is 1. The number of rotatable bonds is 5. The van der Waals surface area contributed by atoms with Crippen LogP contribution in [0.1, 0.15) is 23.2 Å². The fraction of sp³-hybridized carbons (Fsp3) is 0.462. The van der Waals surface area contributed by atoms with Crippen LogP contribution in [0.3, 0.4) is 0 Å². The van der Waals surface area contributed by atoms with Gasteiger partial charge >= 0.3 is 0 Å². The van der Waals surface area contributed by atoms with Gasteiger partial charge in [-0.05, 0) is 25.0 Å². The van der Waals surface area contributed by atoms with Gasteiger partial charge in [0.05, 0.1) is 26.4 Å². The topological polar surface area (TPSA) is 67.8 Å². The highest BCUT2D eigenvalue weighted by atomic mass is 16.5. The predicted octanol–water partition coefficient (Wildman–Crippen LogP) is 0.958. The number of nitrogens with one attached hydrogen (secondary N) is 1. The fourth-order valence-corrected chi connectivity index (χ4v) is 1.73. The first-order valence-corrected chi connectivity index (χ1v) is 5.79. The van der Waals surface area contributed by atoms with Crippen molar-refractivity contribution in [2.24, 2.45) is 0 Å². The Morgan fingerprint density at radius 3 is 2.22 bits per heavy atom. The van der Waals surface area contributed by atoms with Crippen molar-refractivity contribution in [2.75, 3.05) is 20.8 Å². The number of hydrogen-bond donors (Lipinski definition) is 2. The van der Waals surface area contributed by atoms with Crippen molar-refractivity contribution >= 4 is 5.91 Å². The Bertz CT molecular complexity index is 432. The summed E-state index contributed by atoms with van der Waals surface area (Å²) in [6.45, 7) is -0.0279. The lowest BCUT2D eigenvalue weighted by molar-refractivity contribution is 0.0906. The summed E-state index contributed by atoms with van der Waals surface area (Å²) in [4.78, 5) is 12.1. The van der Waals surface area contributed by atoms with Crippen molar-refractivity contribution in [3.05, 3.63) is 23.8 Å². The number of amides is 1. The average Bonchev–Trinajstić information content (AvgIpc) is 3.18. The molecule has 1 amide bonds. The molecule has 0 aromatic heterocycles. The summed E-state index contributed by atoms with van der Waals surface area (Å²) in [5.74, 6) is 0.903. The largest absolute Gasteiger partial charge is 0.497 e. The van der Waals surface area contributed by atoms with Gasteiger partial charge in [0.15, 0.2) is 0 Å². The van der Waals surface area contributed by atoms with Crippen LogP contribution in [0, 0.1) is 0 Å². The summed E-state index contributed by atoms with van der Waals surface area (Å²) in [5.41, 5.74) is 0.0406. The Labute approximate surface area is 106 Å². The van der Waals surface area contributed by atoms with Gasteiger partial charge in [0.1, 0.15) is 11.5 Å². The second-order valence-corrected chi connectivity index (χ2v) is 4.49. The van der Waals surface area contributed by atoms with Crippen LogP contribution in [0.15, 0.2) is 18.2 Å². The Balaban J connectivity index is 2.18. The van der Waals surface area contributed by atoms with Crippen LogP contribution in [0.5, 0.6) is 11.5 Å². The van der Waals surface area contributed by atoms with Crippen molar-refractivity contribution in [3.8, 4) is 11.5 Å². The minimum absolute atomic E-state index is 0.0279. The monoisotopic (exact) mass is 251 g/mol. The third-order valence-corrected chi connectivity index (χ3v) is 3.15. The third-order valence-electron chi connectivity index (χ3n) is 3.15. The molecule has 0 heterocycles. The van der Waals surface area contributed by atoms with Crippen molar-refractivity contribution < 1.29 is 19.4 Å². The van der Waals surface area contributed by atoms with Gasteiger partial charge in [0.25, 0.3) is 5.91 Å². The van der Waals surface area contributed by atoms with Gasteiger partial charge < -0.3 is 19.9 Å². The molecule has 2 N–H and O–H groups in total. The maximum Gasteiger partial charge on any atom is 0.252 e. The molecular formula is C13H17NO4. The lowest BCUT2D eigenvalue weighted by Gasteiger charge is -2.15. The molecule has 1 aromatic rings. The minimum atomic E-state index is -0.423. The SMILES string of the molecule is COc1cc(OC)cc(C(=O)NC2(CO)CC2)c1. The van der Waals surface area contributed by atoms with Gasteiger partial charge in [-0.2, -0.15) is 0 Å². The lowest BCUT2D eigenvalue weighted by Crippen LogP contribution is -2.39. The second-order valence-electron chi connectivity index (χ2n) is 4.49. The van der Waals surface area contributed by atoms with Crippen LogP contribution in [-0.2, 0) is 0 Å². The Hall–Kier alpha value is -1.75. The molecule has 5 heteroatoms. The predicted molar refractivity (Wildman–Crippen MR) is 66.1 cm³/mol. The highest BCUT2D eigenvalue weighted by Crippen LogP contribution is 2.35. The maximum absolute atomic E-state index is 12.1. The number of aliphatic hydroxyl groups excluding tert-OH is 1. The van der Waals surface area contributed by atoms with Crippen LogP contribution in [0.25, 0.3) is 0 Å². The molecule has 1 fully saturated rings. The van der Waals surface area contributed by atoms with Gasteiger partial charge in [-0.25, -0.2) is 0 Å². The molecule has 0 spiro atoms. The van der Waals surface area contributed by atoms with E-state index in [0.717, 1.165) is 12.8 Å². The molecule has 18 heavy (non-hydrogen) atoms. The number of methoxy groups -OCH3 is 2. The van der Waals surface area contributed by atoms with Crippen molar-refractivity contribution in [1.29, 1.82) is 0 Å². The van der Waals surface area contributed by atoms with Crippen LogP contribution in [0.4, 0.5) is 0 Å². The summed E-state index contributed by atoms with van der Waals surface area (Å²) >= 11 is 0. The van der Waals surface area contributed by atoms with Crippen LogP contribution < -0.4 is 14.8 Å². The van der Waals surface area contributed by atoms with E-state index in [2.05, 4.69) is 5.32 Å². The molecule has 0 saturated heterocycles. The summed E-state index contributed by atoms with van der Waals surface area (Å²) in [6, 6.07) is 4.99. The van der Waals surface area contributed by atoms with E-state index in [9.17, 15) is 9.90 Å². The Morgan fingerprint density at radius 1 is 1.28 bits per heavy atom. The van der Waals surface area contributed by atoms with E-state index >= 15 is 0 Å². The maximum atomic E-state index is 12.1. The van der Waals surface area contributed by atoms with Crippen molar-refractivity contribution in [1.82, 2.24) is 5.32 Å². The van der Waals surface area contributed by atoms with E-state index in [1.54, 1.807) is 18.2 Å². The smallest absolute Gasteiger partial charge is 0.252 e. The molecule has 0 unspecified atom stereocenters. The third kappa shape index (κ3) is 2.56. The highest BCUT2D eigenvalue weighted by Gasteiger charge is 2.43. The molecule has 5 nitrogen and oxygen atoms in total. The number of ether oxygens (including phenoxy) is 2. The standard InChI is InChI=1S/C13H17NO4/c1-17-10-5-9(6-11(7-10)18-2)12(16)14-13(8-15)3-4-13/h5-7,15H,3-4,8H2,1-2H3,(H,14,16). The highest BCUT2D eigenvalue weighted by molar-refractivity contribution is 5.95. The van der Waals surface area contributed by atoms with Gasteiger partial charge in [-0.15, -0.1) is 0 Å². The van der Waals surface area contributed by atoms with Crippen LogP contribution in [0.2, 0.25) is 0 Å². The molecule has 0 aliphatic heterocycles. The Morgan fingerprint density at radius 2 is 1.83 bits per heavy atom. The van der Waals surface area contributed by atoms with E-state index in [-0.39, 0.29) is 12.5 Å². The van der Waals surface area contributed by atoms with Gasteiger partial charge in [0, 0.05) is 11.6 Å². The first kappa shape index (κ1) is 12.7. The first-order chi connectivity index (χ1) is 8.62. The zero-order valence-electron chi connectivity index (χ0n) is 10.5. The van der Waals surface area contributed by atoms with E-state index in [0.29, 0.717) is 17.1 Å². The molecule has 98 valence electrons. The minimum Gasteiger partial charge on any atom is -0.497 e. The van der Waals surface area contributed by atoms with Crippen LogP contribution >= 0.6 is 0 Å². The second kappa shape index (κ2) is 4.86. The van der Waals surface area contributed by atoms with E-state index in [1.807, 2.05) is 0 Å². The zero-order valence-corrected chi connectivity index (χ0v) is 10.5. The molecule has 0 radical (unpaired) electrons. The number of aliphatic hydroxyl groups is 1. The average molecular weight is 251 g/mol. The molecule has 0 atom stereocenters. The zero-order chi connectivity index (χ0) is 13.2. The molecule has 1 aliphatic rings. The first-order valence-electron chi connectivity index (χ1n) is 5.79. The fourth-order valence-electron chi connectivity index (χ4n) is 1.73. The number of carbonyl (C=O) groups excluding carboxylic acids is 1. The van der Waals surface area contributed by atoms with Crippen molar-refractivity contribution in [2.45, 2.75) is 18.4 Å². The van der Waals surface area contributed by atoms with E-state index in [4.69, 9.17) is 9.47 Å². The molecule has 1 saturated carbocycles. The normalized spacial score (nSPS) is 15.9. The lowest BCUT2D eigenvalue weighted by atomic mass is 10.1. The molecule has 0 bridgehead atoms.